The summed E-state index contributed by atoms with van der Waals surface area (Å²) in [6.45, 7) is 0.441. The van der Waals surface area contributed by atoms with Gasteiger partial charge in [-0.15, -0.1) is 0 Å². The van der Waals surface area contributed by atoms with Gasteiger partial charge >= 0.3 is 6.61 Å². The highest BCUT2D eigenvalue weighted by Crippen LogP contribution is 2.23. The van der Waals surface area contributed by atoms with Crippen molar-refractivity contribution in [2.24, 2.45) is 0 Å². The predicted molar refractivity (Wildman–Crippen MR) is 46.5 cm³/mol. The quantitative estimate of drug-likeness (QED) is 0.804. The maximum absolute atomic E-state index is 11.9. The van der Waals surface area contributed by atoms with Crippen molar-refractivity contribution in [2.45, 2.75) is 20.5 Å². The second-order valence-electron chi connectivity index (χ2n) is 2.91. The second-order valence-corrected chi connectivity index (χ2v) is 2.91. The molecule has 1 aromatic rings. The average Bonchev–Trinajstić information content (AvgIpc) is 2.01. The van der Waals surface area contributed by atoms with Crippen LogP contribution in [0.5, 0.6) is 5.75 Å². The van der Waals surface area contributed by atoms with Crippen molar-refractivity contribution >= 4 is 5.69 Å². The number of benzene rings is 1. The van der Waals surface area contributed by atoms with Gasteiger partial charge in [-0.05, 0) is 26.0 Å². The van der Waals surface area contributed by atoms with E-state index in [2.05, 4.69) is 4.74 Å². The number of ether oxygens (including phenoxy) is 1. The molecule has 0 aliphatic rings. The van der Waals surface area contributed by atoms with Crippen molar-refractivity contribution in [3.8, 4) is 5.75 Å². The molecule has 76 valence electrons. The first kappa shape index (κ1) is 10.6. The molecule has 0 unspecified atom stereocenters. The molecule has 0 saturated carbocycles. The normalized spacial score (nSPS) is 10.4. The van der Waals surface area contributed by atoms with Crippen LogP contribution >= 0.6 is 0 Å². The number of alkyl halides is 2. The lowest BCUT2D eigenvalue weighted by molar-refractivity contribution is -0.380. The molecule has 0 aromatic heterocycles. The Labute approximate surface area is 79.7 Å². The number of hydrogen-bond acceptors (Lipinski definition) is 2. The van der Waals surface area contributed by atoms with Gasteiger partial charge in [0.05, 0.1) is 0 Å². The first-order chi connectivity index (χ1) is 6.54. The molecule has 14 heavy (non-hydrogen) atoms. The summed E-state index contributed by atoms with van der Waals surface area (Å²) in [7, 11) is 0. The Morgan fingerprint density at radius 1 is 1.29 bits per heavy atom. The molecule has 1 N–H and O–H groups in total. The van der Waals surface area contributed by atoms with E-state index >= 15 is 0 Å². The van der Waals surface area contributed by atoms with Gasteiger partial charge in [-0.1, -0.05) is 0 Å². The van der Waals surface area contributed by atoms with E-state index < -0.39 is 6.61 Å². The molecule has 5 heteroatoms. The minimum atomic E-state index is -2.85. The van der Waals surface area contributed by atoms with Gasteiger partial charge < -0.3 is 4.74 Å². The molecule has 1 aromatic carbocycles. The summed E-state index contributed by atoms with van der Waals surface area (Å²) >= 11 is 0. The van der Waals surface area contributed by atoms with Gasteiger partial charge in [-0.25, -0.2) is 0 Å². The summed E-state index contributed by atoms with van der Waals surface area (Å²) in [5.41, 5.74) is 1.55. The van der Waals surface area contributed by atoms with E-state index in [9.17, 15) is 13.7 Å². The maximum atomic E-state index is 11.9. The number of aryl methyl sites for hydroxylation is 2. The summed E-state index contributed by atoms with van der Waals surface area (Å²) in [6.07, 6.45) is 0. The Morgan fingerprint density at radius 3 is 2.14 bits per heavy atom. The molecule has 0 saturated heterocycles. The number of nitroso groups, excluding NO2 is 1. The molecule has 0 radical (unpaired) electrons. The Kier molecular flexibility index (Phi) is 3.11. The third kappa shape index (κ3) is 2.25. The third-order valence-corrected chi connectivity index (χ3v) is 1.83. The summed E-state index contributed by atoms with van der Waals surface area (Å²) in [4.78, 5) is 10.5. The molecule has 0 heterocycles. The van der Waals surface area contributed by atoms with Gasteiger partial charge in [-0.3, -0.25) is 0 Å². The third-order valence-electron chi connectivity index (χ3n) is 1.83. The van der Waals surface area contributed by atoms with E-state index in [0.717, 1.165) is 0 Å². The smallest absolute Gasteiger partial charge is 0.387 e. The molecule has 0 spiro atoms. The Balaban J connectivity index is 3.07. The van der Waals surface area contributed by atoms with E-state index in [1.807, 2.05) is 0 Å². The molecule has 0 aliphatic heterocycles. The molecule has 0 amide bonds. The van der Waals surface area contributed by atoms with E-state index in [0.29, 0.717) is 16.8 Å². The van der Waals surface area contributed by atoms with Gasteiger partial charge in [0.2, 0.25) is 0 Å². The summed E-state index contributed by atoms with van der Waals surface area (Å²) in [5.74, 6) is 0.0639. The topological polar surface area (TPSA) is 40.3 Å². The highest BCUT2D eigenvalue weighted by molar-refractivity contribution is 5.49. The Morgan fingerprint density at radius 2 is 1.79 bits per heavy atom. The van der Waals surface area contributed by atoms with Crippen LogP contribution in [0.4, 0.5) is 14.5 Å². The van der Waals surface area contributed by atoms with E-state index in [4.69, 9.17) is 0 Å². The lowest BCUT2D eigenvalue weighted by atomic mass is 10.1. The van der Waals surface area contributed by atoms with Crippen molar-refractivity contribution in [3.63, 3.8) is 0 Å². The van der Waals surface area contributed by atoms with Crippen molar-refractivity contribution in [3.05, 3.63) is 28.2 Å². The molecular formula is C9H10F2NO2+. The fraction of sp³-hybridized carbons (Fsp3) is 0.333. The standard InChI is InChI=1S/C9H9F2NO2/c1-5-3-7(14-9(10)11)4-6(2)8(5)12-13/h3-4,9H,1-2H3/p+1. The summed E-state index contributed by atoms with van der Waals surface area (Å²) in [5, 5.41) is 1.75. The Bertz CT molecular complexity index is 330. The highest BCUT2D eigenvalue weighted by atomic mass is 19.3. The van der Waals surface area contributed by atoms with E-state index in [1.165, 1.54) is 12.1 Å². The Hall–Kier alpha value is -1.52. The zero-order valence-electron chi connectivity index (χ0n) is 7.80. The van der Waals surface area contributed by atoms with Crippen LogP contribution in [0.3, 0.4) is 0 Å². The molecule has 0 aliphatic carbocycles. The van der Waals surface area contributed by atoms with Crippen LogP contribution in [-0.2, 0) is 0 Å². The molecule has 3 nitrogen and oxygen atoms in total. The fourth-order valence-electron chi connectivity index (χ4n) is 1.26. The lowest BCUT2D eigenvalue weighted by Gasteiger charge is -2.05. The average molecular weight is 202 g/mol. The van der Waals surface area contributed by atoms with E-state index in [1.54, 1.807) is 19.0 Å². The largest absolute Gasteiger partial charge is 0.435 e. The second kappa shape index (κ2) is 4.13. The maximum Gasteiger partial charge on any atom is 0.387 e. The number of halogens is 2. The highest BCUT2D eigenvalue weighted by Gasteiger charge is 2.13. The van der Waals surface area contributed by atoms with Gasteiger partial charge in [0, 0.05) is 21.2 Å². The van der Waals surface area contributed by atoms with E-state index in [-0.39, 0.29) is 5.75 Å². The van der Waals surface area contributed by atoms with Crippen LogP contribution in [0.25, 0.3) is 0 Å². The molecule has 0 atom stereocenters. The first-order valence-electron chi connectivity index (χ1n) is 3.99. The molecule has 1 rings (SSSR count). The number of rotatable bonds is 3. The molecule has 0 bridgehead atoms. The van der Waals surface area contributed by atoms with Crippen LogP contribution in [0.15, 0.2) is 12.1 Å². The SMILES string of the molecule is Cc1cc(OC(F)F)cc(C)c1[NH+]=O. The van der Waals surface area contributed by atoms with Gasteiger partial charge in [0.15, 0.2) is 0 Å². The van der Waals surface area contributed by atoms with Gasteiger partial charge in [-0.2, -0.15) is 8.78 Å². The van der Waals surface area contributed by atoms with Crippen LogP contribution in [0, 0.1) is 18.8 Å². The predicted octanol–water partition coefficient (Wildman–Crippen LogP) is 1.38. The minimum Gasteiger partial charge on any atom is -0.435 e. The van der Waals surface area contributed by atoms with Crippen molar-refractivity contribution in [2.75, 3.05) is 0 Å². The lowest BCUT2D eigenvalue weighted by Crippen LogP contribution is -2.56. The van der Waals surface area contributed by atoms with Crippen molar-refractivity contribution in [1.29, 1.82) is 0 Å². The van der Waals surface area contributed by atoms with Crippen LogP contribution in [-0.4, -0.2) is 6.61 Å². The monoisotopic (exact) mass is 202 g/mol. The van der Waals surface area contributed by atoms with Gasteiger partial charge in [0.1, 0.15) is 5.75 Å². The number of nitrogens with one attached hydrogen (secondary N) is 1. The van der Waals surface area contributed by atoms with Gasteiger partial charge in [0.25, 0.3) is 5.69 Å². The minimum absolute atomic E-state index is 0.0639. The summed E-state index contributed by atoms with van der Waals surface area (Å²) < 4.78 is 27.9. The first-order valence-corrected chi connectivity index (χ1v) is 3.99. The summed E-state index contributed by atoms with van der Waals surface area (Å²) in [6, 6.07) is 2.78. The van der Waals surface area contributed by atoms with Crippen molar-refractivity contribution in [1.82, 2.24) is 0 Å². The number of hydrogen-bond donors (Lipinski definition) is 1. The fourth-order valence-corrected chi connectivity index (χ4v) is 1.26. The van der Waals surface area contributed by atoms with Crippen molar-refractivity contribution < 1.29 is 18.7 Å². The zero-order valence-corrected chi connectivity index (χ0v) is 7.80. The van der Waals surface area contributed by atoms with Crippen LogP contribution in [0.1, 0.15) is 11.1 Å². The molecular weight excluding hydrogens is 192 g/mol. The zero-order chi connectivity index (χ0) is 10.7. The molecule has 0 fully saturated rings. The van der Waals surface area contributed by atoms with Crippen LogP contribution in [0.2, 0.25) is 0 Å². The van der Waals surface area contributed by atoms with Crippen LogP contribution < -0.4 is 9.91 Å².